The minimum Gasteiger partial charge on any atom is -0.341 e. The Balaban J connectivity index is 1.52. The second-order valence-electron chi connectivity index (χ2n) is 6.12. The van der Waals surface area contributed by atoms with Crippen LogP contribution in [0.4, 0.5) is 5.95 Å². The number of anilines is 1. The molecule has 3 aromatic rings. The molecule has 0 unspecified atom stereocenters. The number of piperidine rings is 1. The van der Waals surface area contributed by atoms with Crippen LogP contribution < -0.4 is 4.90 Å². The first kappa shape index (κ1) is 14.0. The van der Waals surface area contributed by atoms with Gasteiger partial charge in [0.2, 0.25) is 5.95 Å². The van der Waals surface area contributed by atoms with E-state index in [1.54, 1.807) is 0 Å². The van der Waals surface area contributed by atoms with E-state index in [0.29, 0.717) is 5.92 Å². The molecule has 1 aliphatic heterocycles. The van der Waals surface area contributed by atoms with Gasteiger partial charge in [-0.25, -0.2) is 9.97 Å². The average Bonchev–Trinajstić information content (AvgIpc) is 2.99. The van der Waals surface area contributed by atoms with E-state index in [2.05, 4.69) is 30.2 Å². The number of aryl methyl sites for hydroxylation is 2. The Morgan fingerprint density at radius 1 is 1.00 bits per heavy atom. The third-order valence-corrected chi connectivity index (χ3v) is 4.33. The zero-order valence-electron chi connectivity index (χ0n) is 13.3. The third-order valence-electron chi connectivity index (χ3n) is 4.33. The summed E-state index contributed by atoms with van der Waals surface area (Å²) in [7, 11) is 0. The van der Waals surface area contributed by atoms with Crippen molar-refractivity contribution < 1.29 is 0 Å². The van der Waals surface area contributed by atoms with Crippen molar-refractivity contribution in [2.75, 3.05) is 18.0 Å². The lowest BCUT2D eigenvalue weighted by Gasteiger charge is -2.31. The smallest absolute Gasteiger partial charge is 0.225 e. The van der Waals surface area contributed by atoms with Crippen LogP contribution in [0.5, 0.6) is 0 Å². The fourth-order valence-corrected chi connectivity index (χ4v) is 3.04. The van der Waals surface area contributed by atoms with Gasteiger partial charge < -0.3 is 4.90 Å². The van der Waals surface area contributed by atoms with E-state index in [-0.39, 0.29) is 0 Å². The van der Waals surface area contributed by atoms with Crippen LogP contribution in [0.25, 0.3) is 5.65 Å². The van der Waals surface area contributed by atoms with Gasteiger partial charge in [0.15, 0.2) is 11.5 Å². The molecule has 3 aromatic heterocycles. The molecule has 0 radical (unpaired) electrons. The van der Waals surface area contributed by atoms with Gasteiger partial charge in [-0.05, 0) is 44.4 Å². The summed E-state index contributed by atoms with van der Waals surface area (Å²) in [5.41, 5.74) is 2.87. The maximum atomic E-state index is 4.55. The van der Waals surface area contributed by atoms with E-state index < -0.39 is 0 Å². The first-order valence-electron chi connectivity index (χ1n) is 7.93. The molecule has 0 N–H and O–H groups in total. The van der Waals surface area contributed by atoms with Crippen molar-refractivity contribution in [3.8, 4) is 0 Å². The highest BCUT2D eigenvalue weighted by Gasteiger charge is 2.26. The number of hydrogen-bond donors (Lipinski definition) is 0. The van der Waals surface area contributed by atoms with Crippen LogP contribution in [0, 0.1) is 13.8 Å². The van der Waals surface area contributed by atoms with Gasteiger partial charge >= 0.3 is 0 Å². The number of nitrogens with zero attached hydrogens (tertiary/aromatic N) is 7. The Kier molecular flexibility index (Phi) is 3.40. The summed E-state index contributed by atoms with van der Waals surface area (Å²) >= 11 is 0. The zero-order valence-corrected chi connectivity index (χ0v) is 13.3. The summed E-state index contributed by atoms with van der Waals surface area (Å²) in [5.74, 6) is 2.16. The van der Waals surface area contributed by atoms with Gasteiger partial charge in [0.1, 0.15) is 0 Å². The van der Waals surface area contributed by atoms with Crippen molar-refractivity contribution in [1.29, 1.82) is 0 Å². The fraction of sp³-hybridized carbons (Fsp3) is 0.438. The number of hydrogen-bond acceptors (Lipinski definition) is 6. The Hall–Kier alpha value is -2.57. The Bertz CT molecular complexity index is 816. The lowest BCUT2D eigenvalue weighted by atomic mass is 9.96. The Morgan fingerprint density at radius 3 is 2.48 bits per heavy atom. The summed E-state index contributed by atoms with van der Waals surface area (Å²) in [6, 6.07) is 3.93. The third kappa shape index (κ3) is 2.62. The van der Waals surface area contributed by atoms with Crippen molar-refractivity contribution in [3.05, 3.63) is 41.6 Å². The monoisotopic (exact) mass is 309 g/mol. The maximum absolute atomic E-state index is 4.55. The quantitative estimate of drug-likeness (QED) is 0.720. The lowest BCUT2D eigenvalue weighted by Crippen LogP contribution is -2.34. The molecule has 7 heteroatoms. The molecule has 1 fully saturated rings. The largest absolute Gasteiger partial charge is 0.341 e. The maximum Gasteiger partial charge on any atom is 0.225 e. The second kappa shape index (κ2) is 5.57. The van der Waals surface area contributed by atoms with Crippen LogP contribution >= 0.6 is 0 Å². The molecule has 4 rings (SSSR count). The zero-order chi connectivity index (χ0) is 15.8. The molecule has 1 saturated heterocycles. The van der Waals surface area contributed by atoms with Crippen molar-refractivity contribution in [3.63, 3.8) is 0 Å². The predicted octanol–water partition coefficient (Wildman–Crippen LogP) is 1.92. The minimum atomic E-state index is 0.376. The topological polar surface area (TPSA) is 72.1 Å². The molecular weight excluding hydrogens is 290 g/mol. The Labute approximate surface area is 134 Å². The molecule has 4 heterocycles. The summed E-state index contributed by atoms with van der Waals surface area (Å²) in [6.45, 7) is 5.84. The van der Waals surface area contributed by atoms with Crippen LogP contribution in [-0.2, 0) is 0 Å². The van der Waals surface area contributed by atoms with Crippen LogP contribution in [0.1, 0.15) is 35.8 Å². The minimum absolute atomic E-state index is 0.376. The van der Waals surface area contributed by atoms with Crippen molar-refractivity contribution in [1.82, 2.24) is 29.8 Å². The number of aromatic nitrogens is 6. The summed E-state index contributed by atoms with van der Waals surface area (Å²) in [5, 5.41) is 13.2. The highest BCUT2D eigenvalue weighted by atomic mass is 15.4. The van der Waals surface area contributed by atoms with E-state index in [4.69, 9.17) is 0 Å². The fourth-order valence-electron chi connectivity index (χ4n) is 3.04. The summed E-state index contributed by atoms with van der Waals surface area (Å²) in [6.07, 6.45) is 5.75. The van der Waals surface area contributed by atoms with E-state index in [9.17, 15) is 0 Å². The average molecular weight is 309 g/mol. The van der Waals surface area contributed by atoms with Crippen molar-refractivity contribution >= 4 is 11.6 Å². The SMILES string of the molecule is Cc1cnc(N2CCC(c3nnc4ccc(C)nn34)CC2)nc1. The second-order valence-corrected chi connectivity index (χ2v) is 6.12. The van der Waals surface area contributed by atoms with Gasteiger partial charge in [-0.2, -0.15) is 9.61 Å². The first-order chi connectivity index (χ1) is 11.2. The van der Waals surface area contributed by atoms with Crippen molar-refractivity contribution in [2.24, 2.45) is 0 Å². The van der Waals surface area contributed by atoms with Gasteiger partial charge in [0.25, 0.3) is 0 Å². The van der Waals surface area contributed by atoms with Gasteiger partial charge in [-0.15, -0.1) is 10.2 Å². The number of rotatable bonds is 2. The molecular formula is C16H19N7. The molecule has 0 atom stereocenters. The highest BCUT2D eigenvalue weighted by molar-refractivity contribution is 5.37. The molecule has 0 bridgehead atoms. The Morgan fingerprint density at radius 2 is 1.74 bits per heavy atom. The molecule has 23 heavy (non-hydrogen) atoms. The van der Waals surface area contributed by atoms with E-state index in [0.717, 1.165) is 54.6 Å². The normalized spacial score (nSPS) is 16.2. The summed E-state index contributed by atoms with van der Waals surface area (Å²) in [4.78, 5) is 11.1. The van der Waals surface area contributed by atoms with Crippen LogP contribution in [0.3, 0.4) is 0 Å². The van der Waals surface area contributed by atoms with Gasteiger partial charge in [-0.1, -0.05) is 0 Å². The molecule has 0 aromatic carbocycles. The molecule has 1 aliphatic rings. The lowest BCUT2D eigenvalue weighted by molar-refractivity contribution is 0.472. The van der Waals surface area contributed by atoms with Crippen LogP contribution in [0.2, 0.25) is 0 Å². The standard InChI is InChI=1S/C16H19N7/c1-11-9-17-16(18-10-11)22-7-5-13(6-8-22)15-20-19-14-4-3-12(2)21-23(14)15/h3-4,9-10,13H,5-8H2,1-2H3. The van der Waals surface area contributed by atoms with Crippen LogP contribution in [0.15, 0.2) is 24.5 Å². The van der Waals surface area contributed by atoms with Gasteiger partial charge in [-0.3, -0.25) is 0 Å². The molecule has 0 saturated carbocycles. The van der Waals surface area contributed by atoms with Crippen molar-refractivity contribution in [2.45, 2.75) is 32.6 Å². The molecule has 0 amide bonds. The molecule has 0 spiro atoms. The highest BCUT2D eigenvalue weighted by Crippen LogP contribution is 2.28. The van der Waals surface area contributed by atoms with Crippen LogP contribution in [-0.4, -0.2) is 42.9 Å². The number of fused-ring (bicyclic) bond motifs is 1. The van der Waals surface area contributed by atoms with Gasteiger partial charge in [0, 0.05) is 31.4 Å². The van der Waals surface area contributed by atoms with E-state index >= 15 is 0 Å². The van der Waals surface area contributed by atoms with E-state index in [1.165, 1.54) is 0 Å². The molecule has 7 nitrogen and oxygen atoms in total. The first-order valence-corrected chi connectivity index (χ1v) is 7.93. The summed E-state index contributed by atoms with van der Waals surface area (Å²) < 4.78 is 1.89. The molecule has 118 valence electrons. The van der Waals surface area contributed by atoms with Gasteiger partial charge in [0.05, 0.1) is 5.69 Å². The van der Waals surface area contributed by atoms with E-state index in [1.807, 2.05) is 42.9 Å². The molecule has 0 aliphatic carbocycles. The predicted molar refractivity (Wildman–Crippen MR) is 86.5 cm³/mol.